The zero-order valence-electron chi connectivity index (χ0n) is 21.9. The van der Waals surface area contributed by atoms with Crippen LogP contribution in [0.2, 0.25) is 0 Å². The van der Waals surface area contributed by atoms with E-state index in [9.17, 15) is 7.13 Å². The van der Waals surface area contributed by atoms with Gasteiger partial charge >= 0.3 is 0 Å². The first-order valence-electron chi connectivity index (χ1n) is 13.2. The number of hydrogen-bond acceptors (Lipinski definition) is 4. The van der Waals surface area contributed by atoms with Crippen LogP contribution in [0.15, 0.2) is 41.3 Å². The van der Waals surface area contributed by atoms with Crippen molar-refractivity contribution in [3.8, 4) is 22.3 Å². The minimum atomic E-state index is -1.70. The predicted molar refractivity (Wildman–Crippen MR) is 131 cm³/mol. The largest absolute Gasteiger partial charge is 0.361 e. The first-order valence-corrected chi connectivity index (χ1v) is 12.2. The van der Waals surface area contributed by atoms with Gasteiger partial charge in [0.1, 0.15) is 11.4 Å². The van der Waals surface area contributed by atoms with E-state index in [1.807, 2.05) is 44.6 Å². The van der Waals surface area contributed by atoms with Crippen molar-refractivity contribution in [2.45, 2.75) is 77.4 Å². The van der Waals surface area contributed by atoms with Crippen molar-refractivity contribution in [3.63, 3.8) is 0 Å². The number of aromatic nitrogens is 4. The van der Waals surface area contributed by atoms with Gasteiger partial charge in [-0.1, -0.05) is 5.16 Å². The van der Waals surface area contributed by atoms with Gasteiger partial charge in [0, 0.05) is 53.4 Å². The van der Waals surface area contributed by atoms with Crippen LogP contribution in [-0.2, 0) is 6.50 Å². The normalized spacial score (nSPS) is 24.3. The molecule has 4 heterocycles. The summed E-state index contributed by atoms with van der Waals surface area (Å²) in [6, 6.07) is 6.08. The molecule has 0 aromatic carbocycles. The monoisotopic (exact) mass is 460 g/mol. The summed E-state index contributed by atoms with van der Waals surface area (Å²) in [5.41, 5.74) is 5.69. The van der Waals surface area contributed by atoms with E-state index in [-0.39, 0.29) is 5.92 Å². The number of alkyl halides is 1. The van der Waals surface area contributed by atoms with Gasteiger partial charge in [0.2, 0.25) is 0 Å². The number of aryl methyl sites for hydroxylation is 2. The zero-order chi connectivity index (χ0) is 25.2. The summed E-state index contributed by atoms with van der Waals surface area (Å²) in [4.78, 5) is 9.41. The number of halogens is 1. The Labute approximate surface area is 202 Å². The van der Waals surface area contributed by atoms with Gasteiger partial charge in [-0.3, -0.25) is 9.97 Å². The highest BCUT2D eigenvalue weighted by Gasteiger charge is 2.31. The van der Waals surface area contributed by atoms with Crippen molar-refractivity contribution in [1.29, 1.82) is 0 Å². The molecule has 6 heteroatoms. The lowest BCUT2D eigenvalue weighted by molar-refractivity contribution is 0.0985. The maximum absolute atomic E-state index is 14.5. The van der Waals surface area contributed by atoms with E-state index in [1.54, 1.807) is 11.5 Å². The van der Waals surface area contributed by atoms with Crippen LogP contribution >= 0.6 is 0 Å². The number of hydrogen-bond donors (Lipinski definition) is 0. The Morgan fingerprint density at radius 1 is 1.15 bits per heavy atom. The summed E-state index contributed by atoms with van der Waals surface area (Å²) in [5, 5.41) is 4.09. The van der Waals surface area contributed by atoms with E-state index < -0.39 is 12.2 Å². The lowest BCUT2D eigenvalue weighted by atomic mass is 9.81. The molecular weight excluding hydrogens is 427 g/mol. The Morgan fingerprint density at radius 3 is 2.65 bits per heavy atom. The molecule has 6 rings (SSSR count). The standard InChI is InChI=1S/C28H31FN4O/c1-17-26(18(2)34-32-17)22-13-25-27(31-14-22)23(21-8-11-30-24(12-21)20-4-5-20)16-33(25)15-19-6-9-28(3,29)10-7-19/h8,11-14,16,19-20H,4-7,9-10,15H2,1-3H3/i15D2. The lowest BCUT2D eigenvalue weighted by Gasteiger charge is -2.31. The van der Waals surface area contributed by atoms with Crippen LogP contribution in [0.4, 0.5) is 4.39 Å². The van der Waals surface area contributed by atoms with Gasteiger partial charge in [0.25, 0.3) is 0 Å². The Bertz CT molecular complexity index is 1420. The minimum Gasteiger partial charge on any atom is -0.361 e. The van der Waals surface area contributed by atoms with E-state index in [2.05, 4.69) is 16.2 Å². The quantitative estimate of drug-likeness (QED) is 0.317. The summed E-state index contributed by atoms with van der Waals surface area (Å²) in [5.74, 6) is 0.931. The van der Waals surface area contributed by atoms with Crippen molar-refractivity contribution in [2.24, 2.45) is 5.92 Å². The van der Waals surface area contributed by atoms with Crippen LogP contribution in [0, 0.1) is 19.8 Å². The number of nitrogens with zero attached hydrogens (tertiary/aromatic N) is 4. The summed E-state index contributed by atoms with van der Waals surface area (Å²) >= 11 is 0. The van der Waals surface area contributed by atoms with Crippen molar-refractivity contribution in [2.75, 3.05) is 0 Å². The fraction of sp³-hybridized carbons (Fsp3) is 0.464. The van der Waals surface area contributed by atoms with E-state index in [0.717, 1.165) is 52.0 Å². The predicted octanol–water partition coefficient (Wildman–Crippen LogP) is 7.17. The third kappa shape index (κ3) is 3.93. The van der Waals surface area contributed by atoms with E-state index in [0.29, 0.717) is 42.9 Å². The molecule has 176 valence electrons. The fourth-order valence-electron chi connectivity index (χ4n) is 5.22. The third-order valence-corrected chi connectivity index (χ3v) is 7.40. The SMILES string of the molecule is [2H]C([2H])(C1CCC(C)(F)CC1)n1cc(-c2ccnc(C3CC3)c2)c2ncc(-c3c(C)noc3C)cc21. The molecule has 2 aliphatic rings. The number of rotatable bonds is 5. The van der Waals surface area contributed by atoms with E-state index >= 15 is 0 Å². The molecule has 4 aromatic rings. The van der Waals surface area contributed by atoms with Gasteiger partial charge in [0.05, 0.1) is 19.5 Å². The molecule has 0 amide bonds. The van der Waals surface area contributed by atoms with Crippen LogP contribution < -0.4 is 0 Å². The summed E-state index contributed by atoms with van der Waals surface area (Å²) in [7, 11) is 0. The highest BCUT2D eigenvalue weighted by molar-refractivity contribution is 5.95. The van der Waals surface area contributed by atoms with Crippen molar-refractivity contribution >= 4 is 11.0 Å². The summed E-state index contributed by atoms with van der Waals surface area (Å²) in [6.07, 6.45) is 9.63. The van der Waals surface area contributed by atoms with Gasteiger partial charge in [0.15, 0.2) is 0 Å². The molecule has 34 heavy (non-hydrogen) atoms. The Morgan fingerprint density at radius 2 is 1.94 bits per heavy atom. The molecule has 2 aliphatic carbocycles. The second-order valence-corrected chi connectivity index (χ2v) is 10.3. The minimum absolute atomic E-state index is 0.285. The first-order chi connectivity index (χ1) is 17.1. The van der Waals surface area contributed by atoms with Crippen LogP contribution in [-0.4, -0.2) is 25.4 Å². The molecule has 2 fully saturated rings. The topological polar surface area (TPSA) is 56.7 Å². The van der Waals surface area contributed by atoms with Crippen molar-refractivity contribution in [3.05, 3.63) is 53.9 Å². The highest BCUT2D eigenvalue weighted by atomic mass is 19.1. The van der Waals surface area contributed by atoms with Gasteiger partial charge in [-0.15, -0.1) is 0 Å². The van der Waals surface area contributed by atoms with Gasteiger partial charge < -0.3 is 9.09 Å². The van der Waals surface area contributed by atoms with Crippen molar-refractivity contribution in [1.82, 2.24) is 19.7 Å². The maximum atomic E-state index is 14.5. The zero-order valence-corrected chi connectivity index (χ0v) is 19.9. The lowest BCUT2D eigenvalue weighted by Crippen LogP contribution is -2.27. The Kier molecular flexibility index (Phi) is 4.56. The van der Waals surface area contributed by atoms with Crippen LogP contribution in [0.5, 0.6) is 0 Å². The van der Waals surface area contributed by atoms with Gasteiger partial charge in [-0.2, -0.15) is 0 Å². The summed E-state index contributed by atoms with van der Waals surface area (Å²) < 4.78 is 40.1. The molecule has 0 radical (unpaired) electrons. The second kappa shape index (κ2) is 8.03. The molecule has 2 saturated carbocycles. The molecule has 0 atom stereocenters. The Hall–Kier alpha value is -3.02. The molecule has 4 aromatic heterocycles. The van der Waals surface area contributed by atoms with Crippen LogP contribution in [0.25, 0.3) is 33.3 Å². The average molecular weight is 461 g/mol. The smallest absolute Gasteiger partial charge is 0.141 e. The third-order valence-electron chi connectivity index (χ3n) is 7.40. The van der Waals surface area contributed by atoms with Gasteiger partial charge in [-0.05, 0) is 89.0 Å². The summed E-state index contributed by atoms with van der Waals surface area (Å²) in [6.45, 7) is 3.70. The maximum Gasteiger partial charge on any atom is 0.141 e. The molecule has 0 aliphatic heterocycles. The highest BCUT2D eigenvalue weighted by Crippen LogP contribution is 2.41. The number of fused-ring (bicyclic) bond motifs is 1. The average Bonchev–Trinajstić information content (AvgIpc) is 3.55. The molecule has 0 unspecified atom stereocenters. The van der Waals surface area contributed by atoms with Crippen molar-refractivity contribution < 1.29 is 11.7 Å². The molecule has 0 saturated heterocycles. The molecule has 0 bridgehead atoms. The first kappa shape index (κ1) is 19.3. The fourth-order valence-corrected chi connectivity index (χ4v) is 5.22. The van der Waals surface area contributed by atoms with Gasteiger partial charge in [-0.25, -0.2) is 4.39 Å². The molecule has 5 nitrogen and oxygen atoms in total. The molecule has 0 spiro atoms. The van der Waals surface area contributed by atoms with E-state index in [1.165, 1.54) is 0 Å². The second-order valence-electron chi connectivity index (χ2n) is 10.3. The number of pyridine rings is 2. The van der Waals surface area contributed by atoms with Crippen LogP contribution in [0.1, 0.15) is 71.3 Å². The molecule has 0 N–H and O–H groups in total. The Balaban J connectivity index is 1.52. The van der Waals surface area contributed by atoms with Crippen LogP contribution in [0.3, 0.4) is 0 Å². The molecular formula is C28H31FN4O. The van der Waals surface area contributed by atoms with E-state index in [4.69, 9.17) is 9.51 Å².